The van der Waals surface area contributed by atoms with Gasteiger partial charge in [-0.3, -0.25) is 0 Å². The highest BCUT2D eigenvalue weighted by Crippen LogP contribution is 2.33. The number of aryl methyl sites for hydroxylation is 2. The van der Waals surface area contributed by atoms with Crippen LogP contribution in [0.3, 0.4) is 0 Å². The zero-order valence-electron chi connectivity index (χ0n) is 14.2. The Morgan fingerprint density at radius 1 is 1.31 bits per heavy atom. The van der Waals surface area contributed by atoms with Gasteiger partial charge in [-0.05, 0) is 55.2 Å². The first-order valence-electron chi connectivity index (χ1n) is 8.50. The van der Waals surface area contributed by atoms with Crippen LogP contribution >= 0.6 is 11.6 Å². The van der Waals surface area contributed by atoms with E-state index in [0.717, 1.165) is 24.1 Å². The van der Waals surface area contributed by atoms with Crippen molar-refractivity contribution in [3.05, 3.63) is 64.1 Å². The molecule has 2 N–H and O–H groups in total. The highest BCUT2D eigenvalue weighted by atomic mass is 35.5. The SMILES string of the molecule is Cc1nc(Nc2cccc3c2C[C@H](O)CC3)oc1-c1ccc(Cl)c(F)c1. The molecule has 0 fully saturated rings. The molecular weight excluding hydrogens is 355 g/mol. The number of rotatable bonds is 3. The number of aromatic nitrogens is 1. The summed E-state index contributed by atoms with van der Waals surface area (Å²) in [5, 5.41) is 13.2. The van der Waals surface area contributed by atoms with Crippen LogP contribution in [0.15, 0.2) is 40.8 Å². The molecule has 0 aliphatic heterocycles. The zero-order chi connectivity index (χ0) is 18.3. The summed E-state index contributed by atoms with van der Waals surface area (Å²) in [7, 11) is 0. The van der Waals surface area contributed by atoms with E-state index in [9.17, 15) is 9.50 Å². The predicted octanol–water partition coefficient (Wildman–Crippen LogP) is 5.04. The number of aliphatic hydroxyl groups excluding tert-OH is 1. The van der Waals surface area contributed by atoms with Crippen molar-refractivity contribution in [2.24, 2.45) is 0 Å². The minimum absolute atomic E-state index is 0.0683. The third-order valence-corrected chi connectivity index (χ3v) is 4.99. The van der Waals surface area contributed by atoms with E-state index in [4.69, 9.17) is 16.0 Å². The Morgan fingerprint density at radius 2 is 2.15 bits per heavy atom. The molecule has 1 aliphatic carbocycles. The first-order chi connectivity index (χ1) is 12.5. The third kappa shape index (κ3) is 3.20. The molecule has 0 radical (unpaired) electrons. The highest BCUT2D eigenvalue weighted by Gasteiger charge is 2.20. The van der Waals surface area contributed by atoms with Gasteiger partial charge in [-0.1, -0.05) is 23.7 Å². The average molecular weight is 373 g/mol. The van der Waals surface area contributed by atoms with Gasteiger partial charge in [-0.2, -0.15) is 4.98 Å². The van der Waals surface area contributed by atoms with Gasteiger partial charge in [0, 0.05) is 17.7 Å². The number of hydrogen-bond acceptors (Lipinski definition) is 4. The second-order valence-corrected chi connectivity index (χ2v) is 6.93. The van der Waals surface area contributed by atoms with Crippen LogP contribution in [-0.2, 0) is 12.8 Å². The molecule has 134 valence electrons. The van der Waals surface area contributed by atoms with Gasteiger partial charge in [-0.15, -0.1) is 0 Å². The van der Waals surface area contributed by atoms with Gasteiger partial charge >= 0.3 is 0 Å². The van der Waals surface area contributed by atoms with Crippen molar-refractivity contribution >= 4 is 23.3 Å². The van der Waals surface area contributed by atoms with Gasteiger partial charge < -0.3 is 14.8 Å². The molecule has 1 atom stereocenters. The van der Waals surface area contributed by atoms with Gasteiger partial charge in [0.25, 0.3) is 6.01 Å². The van der Waals surface area contributed by atoms with E-state index >= 15 is 0 Å². The van der Waals surface area contributed by atoms with E-state index < -0.39 is 5.82 Å². The number of fused-ring (bicyclic) bond motifs is 1. The van der Waals surface area contributed by atoms with Crippen LogP contribution in [0.4, 0.5) is 16.1 Å². The molecule has 0 spiro atoms. The molecule has 0 unspecified atom stereocenters. The van der Waals surface area contributed by atoms with Gasteiger partial charge in [0.2, 0.25) is 0 Å². The number of nitrogens with zero attached hydrogens (tertiary/aromatic N) is 1. The first-order valence-corrected chi connectivity index (χ1v) is 8.88. The summed E-state index contributed by atoms with van der Waals surface area (Å²) in [6.07, 6.45) is 1.91. The maximum atomic E-state index is 13.7. The molecule has 4 rings (SSSR count). The lowest BCUT2D eigenvalue weighted by Crippen LogP contribution is -2.19. The standard InChI is InChI=1S/C20H18ClFN2O2/c1-11-19(13-6-8-16(21)17(22)9-13)26-20(23-11)24-18-4-2-3-12-5-7-14(25)10-15(12)18/h2-4,6,8-9,14,25H,5,7,10H2,1H3,(H,23,24)/t14-/m1/s1. The summed E-state index contributed by atoms with van der Waals surface area (Å²) in [6, 6.07) is 10.9. The van der Waals surface area contributed by atoms with E-state index in [-0.39, 0.29) is 11.1 Å². The molecule has 26 heavy (non-hydrogen) atoms. The van der Waals surface area contributed by atoms with E-state index in [1.807, 2.05) is 12.1 Å². The third-order valence-electron chi connectivity index (χ3n) is 4.68. The minimum atomic E-state index is -0.499. The molecule has 6 heteroatoms. The van der Waals surface area contributed by atoms with Crippen molar-refractivity contribution < 1.29 is 13.9 Å². The number of aliphatic hydroxyl groups is 1. The Hall–Kier alpha value is -2.37. The fourth-order valence-corrected chi connectivity index (χ4v) is 3.47. The van der Waals surface area contributed by atoms with Crippen molar-refractivity contribution in [3.63, 3.8) is 0 Å². The van der Waals surface area contributed by atoms with Gasteiger partial charge in [0.15, 0.2) is 5.76 Å². The van der Waals surface area contributed by atoms with Crippen LogP contribution in [0.5, 0.6) is 0 Å². The number of anilines is 2. The molecule has 2 aromatic carbocycles. The maximum Gasteiger partial charge on any atom is 0.299 e. The fraction of sp³-hybridized carbons (Fsp3) is 0.250. The van der Waals surface area contributed by atoms with Crippen molar-refractivity contribution in [1.82, 2.24) is 4.98 Å². The second kappa shape index (κ2) is 6.74. The summed E-state index contributed by atoms with van der Waals surface area (Å²) in [5.74, 6) is -0.00603. The Bertz CT molecular complexity index is 970. The lowest BCUT2D eigenvalue weighted by molar-refractivity contribution is 0.159. The fourth-order valence-electron chi connectivity index (χ4n) is 3.36. The Morgan fingerprint density at radius 3 is 2.96 bits per heavy atom. The van der Waals surface area contributed by atoms with Crippen molar-refractivity contribution in [2.75, 3.05) is 5.32 Å². The molecule has 0 bridgehead atoms. The van der Waals surface area contributed by atoms with Crippen LogP contribution in [0.2, 0.25) is 5.02 Å². The molecule has 1 heterocycles. The highest BCUT2D eigenvalue weighted by molar-refractivity contribution is 6.30. The molecule has 1 aliphatic rings. The van der Waals surface area contributed by atoms with E-state index in [0.29, 0.717) is 29.5 Å². The van der Waals surface area contributed by atoms with Crippen molar-refractivity contribution in [2.45, 2.75) is 32.3 Å². The monoisotopic (exact) mass is 372 g/mol. The van der Waals surface area contributed by atoms with Crippen LogP contribution in [0.25, 0.3) is 11.3 Å². The quantitative estimate of drug-likeness (QED) is 0.676. The molecule has 0 saturated carbocycles. The van der Waals surface area contributed by atoms with Gasteiger partial charge in [-0.25, -0.2) is 4.39 Å². The normalized spacial score (nSPS) is 16.4. The maximum absolute atomic E-state index is 13.7. The van der Waals surface area contributed by atoms with Crippen LogP contribution in [0, 0.1) is 12.7 Å². The Balaban J connectivity index is 1.66. The molecular formula is C20H18ClFN2O2. The number of oxazole rings is 1. The summed E-state index contributed by atoms with van der Waals surface area (Å²) in [6.45, 7) is 1.81. The summed E-state index contributed by atoms with van der Waals surface area (Å²) in [4.78, 5) is 4.41. The summed E-state index contributed by atoms with van der Waals surface area (Å²) >= 11 is 5.75. The molecule has 0 saturated heterocycles. The van der Waals surface area contributed by atoms with Crippen molar-refractivity contribution in [1.29, 1.82) is 0 Å². The number of benzene rings is 2. The van der Waals surface area contributed by atoms with E-state index in [2.05, 4.69) is 16.4 Å². The Labute approximate surface area is 155 Å². The molecule has 3 aromatic rings. The predicted molar refractivity (Wildman–Crippen MR) is 99.4 cm³/mol. The first kappa shape index (κ1) is 17.1. The molecule has 4 nitrogen and oxygen atoms in total. The number of halogens is 2. The van der Waals surface area contributed by atoms with E-state index in [1.165, 1.54) is 17.7 Å². The number of hydrogen-bond donors (Lipinski definition) is 2. The topological polar surface area (TPSA) is 58.3 Å². The summed E-state index contributed by atoms with van der Waals surface area (Å²) in [5.41, 5.74) is 4.41. The van der Waals surface area contributed by atoms with Crippen LogP contribution < -0.4 is 5.32 Å². The lowest BCUT2D eigenvalue weighted by Gasteiger charge is -2.23. The average Bonchev–Trinajstić information content (AvgIpc) is 2.98. The van der Waals surface area contributed by atoms with Gasteiger partial charge in [0.05, 0.1) is 16.8 Å². The van der Waals surface area contributed by atoms with Crippen LogP contribution in [-0.4, -0.2) is 16.2 Å². The molecule has 1 aromatic heterocycles. The summed E-state index contributed by atoms with van der Waals surface area (Å²) < 4.78 is 19.6. The smallest absolute Gasteiger partial charge is 0.299 e. The van der Waals surface area contributed by atoms with Crippen molar-refractivity contribution in [3.8, 4) is 11.3 Å². The zero-order valence-corrected chi connectivity index (χ0v) is 15.0. The van der Waals surface area contributed by atoms with E-state index in [1.54, 1.807) is 13.0 Å². The second-order valence-electron chi connectivity index (χ2n) is 6.53. The lowest BCUT2D eigenvalue weighted by atomic mass is 9.88. The van der Waals surface area contributed by atoms with Crippen LogP contribution in [0.1, 0.15) is 23.2 Å². The minimum Gasteiger partial charge on any atom is -0.423 e. The Kier molecular flexibility index (Phi) is 4.42. The number of nitrogens with one attached hydrogen (secondary N) is 1. The largest absolute Gasteiger partial charge is 0.423 e. The van der Waals surface area contributed by atoms with Gasteiger partial charge in [0.1, 0.15) is 5.82 Å². The molecule has 0 amide bonds.